The Hall–Kier alpha value is -0.860. The summed E-state index contributed by atoms with van der Waals surface area (Å²) in [6.45, 7) is 0. The smallest absolute Gasteiger partial charge is 0.862 e. The Labute approximate surface area is 138 Å². The number of aliphatic carboxylic acids is 2. The molecular weight excluding hydrogens is 284 g/mol. The van der Waals surface area contributed by atoms with Crippen molar-refractivity contribution in [1.29, 1.82) is 0 Å². The number of aliphatic imine (C=N–C) groups is 1. The third-order valence-electron chi connectivity index (χ3n) is 2.50. The molecule has 100 valence electrons. The van der Waals surface area contributed by atoms with E-state index in [-0.39, 0.29) is 56.0 Å². The number of carboxylic acids is 2. The molecule has 0 aromatic heterocycles. The van der Waals surface area contributed by atoms with Crippen LogP contribution in [0.25, 0.3) is 0 Å². The van der Waals surface area contributed by atoms with Crippen LogP contribution in [0, 0.1) is 0 Å². The number of nitrogens with zero attached hydrogens (tertiary/aromatic N) is 1. The minimum absolute atomic E-state index is 0. The van der Waals surface area contributed by atoms with Crippen LogP contribution < -0.4 is 15.5 Å². The normalized spacial score (nSPS) is 24.4. The molecule has 0 aromatic rings. The van der Waals surface area contributed by atoms with Gasteiger partial charge >= 0.3 is 43.7 Å². The van der Waals surface area contributed by atoms with Crippen LogP contribution in [0.2, 0.25) is 0 Å². The second-order valence-electron chi connectivity index (χ2n) is 3.89. The van der Waals surface area contributed by atoms with E-state index in [0.29, 0.717) is 19.3 Å². The molecule has 19 heavy (non-hydrogen) atoms. The van der Waals surface area contributed by atoms with Crippen LogP contribution in [0.15, 0.2) is 4.99 Å². The topological polar surface area (TPSA) is 142 Å². The summed E-state index contributed by atoms with van der Waals surface area (Å²) in [5.41, 5.74) is 0. The predicted octanol–water partition coefficient (Wildman–Crippen LogP) is -3.37. The van der Waals surface area contributed by atoms with Crippen LogP contribution >= 0.6 is 0 Å². The Morgan fingerprint density at radius 3 is 2.16 bits per heavy atom. The minimum atomic E-state index is -1.25. The number of carbonyl (C=O) groups is 3. The van der Waals surface area contributed by atoms with Crippen molar-refractivity contribution in [3.8, 4) is 0 Å². The molecule has 0 bridgehead atoms. The summed E-state index contributed by atoms with van der Waals surface area (Å²) < 4.78 is 0. The summed E-state index contributed by atoms with van der Waals surface area (Å²) in [6.07, 6.45) is 1.32. The summed E-state index contributed by atoms with van der Waals surface area (Å²) in [6, 6.07) is -1.52. The van der Waals surface area contributed by atoms with Gasteiger partial charge in [-0.25, -0.2) is 4.79 Å². The molecular formula is C10H12CaN2O6. The van der Waals surface area contributed by atoms with Crippen molar-refractivity contribution in [2.75, 3.05) is 0 Å². The Bertz CT molecular complexity index is 397. The summed E-state index contributed by atoms with van der Waals surface area (Å²) >= 11 is 0. The molecule has 1 saturated heterocycles. The molecule has 2 heterocycles. The van der Waals surface area contributed by atoms with E-state index in [1.807, 2.05) is 0 Å². The van der Waals surface area contributed by atoms with Gasteiger partial charge in [-0.3, -0.25) is 9.79 Å². The first-order valence-electron chi connectivity index (χ1n) is 5.37. The largest absolute Gasteiger partial charge is 2.00 e. The SMILES string of the molecule is O=C([O-])[C@H]1CCC([O-])=N1.O=C1CC[C@H](C(=O)O)N1.[Ca+2]. The van der Waals surface area contributed by atoms with Crippen LogP contribution in [0.3, 0.4) is 0 Å². The fourth-order valence-corrected chi connectivity index (χ4v) is 1.53. The molecule has 0 saturated carbocycles. The van der Waals surface area contributed by atoms with Gasteiger partial charge in [0.2, 0.25) is 5.91 Å². The average molecular weight is 296 g/mol. The van der Waals surface area contributed by atoms with E-state index in [1.54, 1.807) is 0 Å². The molecule has 0 aliphatic carbocycles. The first kappa shape index (κ1) is 18.1. The maximum Gasteiger partial charge on any atom is 2.00 e. The minimum Gasteiger partial charge on any atom is -0.862 e. The molecule has 1 fully saturated rings. The third kappa shape index (κ3) is 6.22. The fraction of sp³-hybridized carbons (Fsp3) is 0.600. The van der Waals surface area contributed by atoms with Gasteiger partial charge in [-0.15, -0.1) is 0 Å². The van der Waals surface area contributed by atoms with Crippen LogP contribution in [0.5, 0.6) is 0 Å². The molecule has 0 radical (unpaired) electrons. The second-order valence-corrected chi connectivity index (χ2v) is 3.89. The zero-order chi connectivity index (χ0) is 13.7. The van der Waals surface area contributed by atoms with Gasteiger partial charge in [0.15, 0.2) is 0 Å². The first-order valence-corrected chi connectivity index (χ1v) is 5.37. The number of carbonyl (C=O) groups excluding carboxylic acids is 2. The molecule has 1 amide bonds. The molecule has 9 heteroatoms. The Balaban J connectivity index is 0.000000324. The molecule has 8 nitrogen and oxygen atoms in total. The summed E-state index contributed by atoms with van der Waals surface area (Å²) in [7, 11) is 0. The van der Waals surface area contributed by atoms with Gasteiger partial charge in [0.25, 0.3) is 0 Å². The number of carboxylic acid groups (broad SMARTS) is 2. The quantitative estimate of drug-likeness (QED) is 0.509. The van der Waals surface area contributed by atoms with Crippen molar-refractivity contribution >= 4 is 61.5 Å². The molecule has 0 unspecified atom stereocenters. The van der Waals surface area contributed by atoms with Crippen LogP contribution in [-0.2, 0) is 14.4 Å². The molecule has 2 N–H and O–H groups in total. The predicted molar refractivity (Wildman–Crippen MR) is 60.0 cm³/mol. The monoisotopic (exact) mass is 296 g/mol. The van der Waals surface area contributed by atoms with Crippen LogP contribution in [0.1, 0.15) is 25.7 Å². The second kappa shape index (κ2) is 8.34. The average Bonchev–Trinajstić information content (AvgIpc) is 2.88. The number of rotatable bonds is 2. The van der Waals surface area contributed by atoms with Gasteiger partial charge in [0, 0.05) is 6.42 Å². The van der Waals surface area contributed by atoms with E-state index < -0.39 is 24.0 Å². The molecule has 2 rings (SSSR count). The molecule has 2 aliphatic rings. The maximum absolute atomic E-state index is 10.4. The zero-order valence-electron chi connectivity index (χ0n) is 10.1. The Kier molecular flexibility index (Phi) is 7.96. The summed E-state index contributed by atoms with van der Waals surface area (Å²) in [5, 5.41) is 30.9. The van der Waals surface area contributed by atoms with Crippen molar-refractivity contribution in [2.45, 2.75) is 37.8 Å². The van der Waals surface area contributed by atoms with Crippen molar-refractivity contribution in [3.63, 3.8) is 0 Å². The standard InChI is InChI=1S/2C5H7NO3.Ca/c2*7-4-2-1-3(6-4)5(8)9;/h2*3H,1-2H2,(H,6,7)(H,8,9);/q;;+2/p-2/t2*3-;/m11./s1. The van der Waals surface area contributed by atoms with Gasteiger partial charge in [0.1, 0.15) is 6.04 Å². The molecule has 2 atom stereocenters. The zero-order valence-corrected chi connectivity index (χ0v) is 12.3. The maximum atomic E-state index is 10.4. The van der Waals surface area contributed by atoms with E-state index >= 15 is 0 Å². The van der Waals surface area contributed by atoms with Gasteiger partial charge in [-0.2, -0.15) is 0 Å². The van der Waals surface area contributed by atoms with E-state index in [9.17, 15) is 24.6 Å². The van der Waals surface area contributed by atoms with Crippen molar-refractivity contribution in [1.82, 2.24) is 5.32 Å². The van der Waals surface area contributed by atoms with Crippen molar-refractivity contribution < 1.29 is 29.7 Å². The summed E-state index contributed by atoms with van der Waals surface area (Å²) in [4.78, 5) is 33.8. The molecule has 2 aliphatic heterocycles. The van der Waals surface area contributed by atoms with Gasteiger partial charge in [-0.05, 0) is 25.2 Å². The first-order chi connectivity index (χ1) is 8.40. The Morgan fingerprint density at radius 1 is 1.32 bits per heavy atom. The van der Waals surface area contributed by atoms with E-state index in [2.05, 4.69) is 10.3 Å². The van der Waals surface area contributed by atoms with E-state index in [0.717, 1.165) is 0 Å². The Morgan fingerprint density at radius 2 is 1.95 bits per heavy atom. The van der Waals surface area contributed by atoms with Crippen molar-refractivity contribution in [2.24, 2.45) is 4.99 Å². The molecule has 0 aromatic carbocycles. The van der Waals surface area contributed by atoms with Crippen molar-refractivity contribution in [3.05, 3.63) is 0 Å². The summed E-state index contributed by atoms with van der Waals surface area (Å²) in [5.74, 6) is -2.69. The molecule has 0 spiro atoms. The number of nitrogens with one attached hydrogen (secondary N) is 1. The number of hydrogen-bond donors (Lipinski definition) is 2. The van der Waals surface area contributed by atoms with Gasteiger partial charge in [-0.1, -0.05) is 0 Å². The van der Waals surface area contributed by atoms with E-state index in [1.165, 1.54) is 0 Å². The van der Waals surface area contributed by atoms with Gasteiger partial charge in [0.05, 0.1) is 12.0 Å². The van der Waals surface area contributed by atoms with Crippen LogP contribution in [0.4, 0.5) is 0 Å². The third-order valence-corrected chi connectivity index (χ3v) is 2.50. The fourth-order valence-electron chi connectivity index (χ4n) is 1.53. The van der Waals surface area contributed by atoms with E-state index in [4.69, 9.17) is 5.11 Å². The number of hydrogen-bond acceptors (Lipinski definition) is 6. The van der Waals surface area contributed by atoms with Crippen LogP contribution in [-0.4, -0.2) is 78.7 Å². The van der Waals surface area contributed by atoms with Gasteiger partial charge < -0.3 is 25.4 Å². The number of amides is 1.